The Morgan fingerprint density at radius 1 is 1.10 bits per heavy atom. The number of rotatable bonds is 2. The predicted molar refractivity (Wildman–Crippen MR) is 89.2 cm³/mol. The molecule has 0 saturated carbocycles. The summed E-state index contributed by atoms with van der Waals surface area (Å²) in [5.41, 5.74) is 0. The van der Waals surface area contributed by atoms with E-state index in [1.807, 2.05) is 42.1 Å². The lowest BCUT2D eigenvalue weighted by Crippen LogP contribution is -2.46. The van der Waals surface area contributed by atoms with Crippen LogP contribution in [-0.2, 0) is 10.0 Å². The lowest BCUT2D eigenvalue weighted by Gasteiger charge is -2.36. The largest absolute Gasteiger partial charge is 0.243 e. The zero-order valence-corrected chi connectivity index (χ0v) is 13.9. The van der Waals surface area contributed by atoms with Gasteiger partial charge in [0.1, 0.15) is 0 Å². The molecule has 0 aliphatic carbocycles. The van der Waals surface area contributed by atoms with Crippen molar-refractivity contribution in [3.63, 3.8) is 0 Å². The third-order valence-corrected chi connectivity index (χ3v) is 6.89. The first kappa shape index (κ1) is 14.9. The number of benzene rings is 2. The molecular weight excluding hydrogens is 302 g/mol. The molecule has 2 aromatic carbocycles. The van der Waals surface area contributed by atoms with E-state index in [-0.39, 0.29) is 4.75 Å². The molecule has 0 spiro atoms. The highest BCUT2D eigenvalue weighted by atomic mass is 32.2. The minimum atomic E-state index is -3.40. The average molecular weight is 321 g/mol. The van der Waals surface area contributed by atoms with Crippen molar-refractivity contribution in [2.75, 3.05) is 18.8 Å². The van der Waals surface area contributed by atoms with E-state index in [1.54, 1.807) is 16.4 Å². The summed E-state index contributed by atoms with van der Waals surface area (Å²) in [7, 11) is -3.40. The van der Waals surface area contributed by atoms with Gasteiger partial charge in [-0.1, -0.05) is 30.3 Å². The topological polar surface area (TPSA) is 37.4 Å². The summed E-state index contributed by atoms with van der Waals surface area (Å²) in [6, 6.07) is 13.2. The zero-order valence-electron chi connectivity index (χ0n) is 12.2. The molecule has 1 fully saturated rings. The molecule has 0 bridgehead atoms. The van der Waals surface area contributed by atoms with Crippen molar-refractivity contribution >= 4 is 32.6 Å². The molecule has 112 valence electrons. The number of fused-ring (bicyclic) bond motifs is 1. The van der Waals surface area contributed by atoms with E-state index in [2.05, 4.69) is 13.8 Å². The van der Waals surface area contributed by atoms with Crippen LogP contribution in [0.1, 0.15) is 13.8 Å². The molecule has 3 nitrogen and oxygen atoms in total. The van der Waals surface area contributed by atoms with Crippen LogP contribution < -0.4 is 0 Å². The smallest absolute Gasteiger partial charge is 0.207 e. The SMILES string of the molecule is CC1(C)CN(S(=O)(=O)c2ccc3ccccc3c2)CCS1. The van der Waals surface area contributed by atoms with Crippen LogP contribution in [0.5, 0.6) is 0 Å². The predicted octanol–water partition coefficient (Wildman–Crippen LogP) is 3.36. The molecule has 21 heavy (non-hydrogen) atoms. The van der Waals surface area contributed by atoms with Gasteiger partial charge in [-0.15, -0.1) is 0 Å². The van der Waals surface area contributed by atoms with Gasteiger partial charge in [0, 0.05) is 23.6 Å². The first-order valence-corrected chi connectivity index (χ1v) is 9.44. The standard InChI is InChI=1S/C16H19NO2S2/c1-16(2)12-17(9-10-20-16)21(18,19)15-8-7-13-5-3-4-6-14(13)11-15/h3-8,11H,9-10,12H2,1-2H3. The van der Waals surface area contributed by atoms with Crippen molar-refractivity contribution in [3.8, 4) is 0 Å². The summed E-state index contributed by atoms with van der Waals surface area (Å²) < 4.78 is 27.3. The Morgan fingerprint density at radius 2 is 1.81 bits per heavy atom. The van der Waals surface area contributed by atoms with Gasteiger partial charge >= 0.3 is 0 Å². The number of sulfonamides is 1. The van der Waals surface area contributed by atoms with E-state index in [4.69, 9.17) is 0 Å². The van der Waals surface area contributed by atoms with Gasteiger partial charge in [0.2, 0.25) is 10.0 Å². The van der Waals surface area contributed by atoms with E-state index in [0.717, 1.165) is 16.5 Å². The normalized spacial score (nSPS) is 19.7. The molecule has 0 aromatic heterocycles. The molecule has 1 aliphatic rings. The second-order valence-electron chi connectivity index (χ2n) is 5.96. The fourth-order valence-electron chi connectivity index (χ4n) is 2.66. The molecule has 1 saturated heterocycles. The molecule has 0 radical (unpaired) electrons. The highest BCUT2D eigenvalue weighted by molar-refractivity contribution is 8.00. The lowest BCUT2D eigenvalue weighted by atomic mass is 10.1. The van der Waals surface area contributed by atoms with Crippen molar-refractivity contribution in [3.05, 3.63) is 42.5 Å². The quantitative estimate of drug-likeness (QED) is 0.851. The van der Waals surface area contributed by atoms with Crippen molar-refractivity contribution in [1.29, 1.82) is 0 Å². The fourth-order valence-corrected chi connectivity index (χ4v) is 5.60. The van der Waals surface area contributed by atoms with Crippen LogP contribution in [0.3, 0.4) is 0 Å². The van der Waals surface area contributed by atoms with Gasteiger partial charge in [-0.3, -0.25) is 0 Å². The summed E-state index contributed by atoms with van der Waals surface area (Å²) in [6.45, 7) is 5.34. The minimum Gasteiger partial charge on any atom is -0.207 e. The minimum absolute atomic E-state index is 0.0256. The molecule has 0 N–H and O–H groups in total. The maximum Gasteiger partial charge on any atom is 0.243 e. The summed E-state index contributed by atoms with van der Waals surface area (Å²) in [5, 5.41) is 2.02. The Labute approximate surface area is 130 Å². The van der Waals surface area contributed by atoms with Crippen LogP contribution in [0, 0.1) is 0 Å². The maximum atomic E-state index is 12.8. The van der Waals surface area contributed by atoms with Gasteiger partial charge in [0.25, 0.3) is 0 Å². The fraction of sp³-hybridized carbons (Fsp3) is 0.375. The Kier molecular flexibility index (Phi) is 3.76. The first-order valence-electron chi connectivity index (χ1n) is 7.01. The highest BCUT2D eigenvalue weighted by Crippen LogP contribution is 2.32. The Bertz CT molecular complexity index is 769. The van der Waals surface area contributed by atoms with E-state index in [0.29, 0.717) is 18.0 Å². The lowest BCUT2D eigenvalue weighted by molar-refractivity contribution is 0.387. The summed E-state index contributed by atoms with van der Waals surface area (Å²) in [4.78, 5) is 0.393. The summed E-state index contributed by atoms with van der Waals surface area (Å²) >= 11 is 1.83. The Balaban J connectivity index is 1.99. The van der Waals surface area contributed by atoms with Crippen molar-refractivity contribution in [2.45, 2.75) is 23.5 Å². The zero-order chi connectivity index (χ0) is 15.1. The van der Waals surface area contributed by atoms with E-state index < -0.39 is 10.0 Å². The van der Waals surface area contributed by atoms with E-state index in [1.165, 1.54) is 0 Å². The van der Waals surface area contributed by atoms with Gasteiger partial charge in [-0.25, -0.2) is 8.42 Å². The molecular formula is C16H19NO2S2. The molecule has 3 rings (SSSR count). The van der Waals surface area contributed by atoms with Gasteiger partial charge < -0.3 is 0 Å². The van der Waals surface area contributed by atoms with Gasteiger partial charge in [-0.2, -0.15) is 16.1 Å². The molecule has 1 aliphatic heterocycles. The summed E-state index contributed by atoms with van der Waals surface area (Å²) in [6.07, 6.45) is 0. The highest BCUT2D eigenvalue weighted by Gasteiger charge is 2.34. The van der Waals surface area contributed by atoms with Gasteiger partial charge in [0.15, 0.2) is 0 Å². The number of thioether (sulfide) groups is 1. The number of hydrogen-bond donors (Lipinski definition) is 0. The van der Waals surface area contributed by atoms with Crippen LogP contribution in [0.4, 0.5) is 0 Å². The molecule has 5 heteroatoms. The molecule has 1 heterocycles. The van der Waals surface area contributed by atoms with Crippen LogP contribution in [0.2, 0.25) is 0 Å². The monoisotopic (exact) mass is 321 g/mol. The molecule has 0 amide bonds. The van der Waals surface area contributed by atoms with E-state index in [9.17, 15) is 8.42 Å². The van der Waals surface area contributed by atoms with Crippen LogP contribution >= 0.6 is 11.8 Å². The maximum absolute atomic E-state index is 12.8. The number of hydrogen-bond acceptors (Lipinski definition) is 3. The van der Waals surface area contributed by atoms with Crippen LogP contribution in [-0.4, -0.2) is 36.3 Å². The van der Waals surface area contributed by atoms with Gasteiger partial charge in [0.05, 0.1) is 4.90 Å². The Hall–Kier alpha value is -1.04. The van der Waals surface area contributed by atoms with Gasteiger partial charge in [-0.05, 0) is 36.8 Å². The summed E-state index contributed by atoms with van der Waals surface area (Å²) in [5.74, 6) is 0.847. The second-order valence-corrected chi connectivity index (χ2v) is 9.70. The molecule has 2 aromatic rings. The molecule has 0 unspecified atom stereocenters. The van der Waals surface area contributed by atoms with Crippen LogP contribution in [0.15, 0.2) is 47.4 Å². The van der Waals surface area contributed by atoms with Crippen LogP contribution in [0.25, 0.3) is 10.8 Å². The molecule has 0 atom stereocenters. The van der Waals surface area contributed by atoms with Crippen molar-refractivity contribution in [1.82, 2.24) is 4.31 Å². The van der Waals surface area contributed by atoms with Crippen molar-refractivity contribution in [2.24, 2.45) is 0 Å². The third kappa shape index (κ3) is 2.96. The Morgan fingerprint density at radius 3 is 2.52 bits per heavy atom. The first-order chi connectivity index (χ1) is 9.88. The van der Waals surface area contributed by atoms with Crippen molar-refractivity contribution < 1.29 is 8.42 Å². The van der Waals surface area contributed by atoms with E-state index >= 15 is 0 Å². The second kappa shape index (κ2) is 5.30. The third-order valence-electron chi connectivity index (χ3n) is 3.75. The number of nitrogens with zero attached hydrogens (tertiary/aromatic N) is 1. The average Bonchev–Trinajstić information content (AvgIpc) is 2.45.